The highest BCUT2D eigenvalue weighted by Crippen LogP contribution is 2.11. The second-order valence-electron chi connectivity index (χ2n) is 5.46. The van der Waals surface area contributed by atoms with Gasteiger partial charge in [0.1, 0.15) is 5.82 Å². The number of hydrogen-bond acceptors (Lipinski definition) is 3. The fraction of sp³-hybridized carbons (Fsp3) is 0.500. The average molecular weight is 288 g/mol. The Kier molecular flexibility index (Phi) is 5.33. The number of carbonyl (C=O) groups excluding carboxylic acids is 1. The predicted molar refractivity (Wildman–Crippen MR) is 84.9 cm³/mol. The highest BCUT2D eigenvalue weighted by atomic mass is 16.2. The third-order valence-corrected chi connectivity index (χ3v) is 3.64. The molecule has 0 saturated carbocycles. The summed E-state index contributed by atoms with van der Waals surface area (Å²) in [6.45, 7) is 2.74. The van der Waals surface area contributed by atoms with Gasteiger partial charge in [0.15, 0.2) is 0 Å². The minimum absolute atomic E-state index is 0.0291. The zero-order valence-corrected chi connectivity index (χ0v) is 12.8. The number of aromatic amines is 1. The van der Waals surface area contributed by atoms with Crippen LogP contribution in [0, 0.1) is 0 Å². The molecule has 0 bridgehead atoms. The first-order valence-electron chi connectivity index (χ1n) is 7.56. The van der Waals surface area contributed by atoms with E-state index in [1.54, 1.807) is 4.90 Å². The first-order chi connectivity index (χ1) is 10.1. The van der Waals surface area contributed by atoms with Crippen molar-refractivity contribution in [3.63, 3.8) is 0 Å². The predicted octanol–water partition coefficient (Wildman–Crippen LogP) is 2.08. The van der Waals surface area contributed by atoms with Crippen LogP contribution in [0.1, 0.15) is 32.0 Å². The number of amides is 1. The molecule has 1 aromatic heterocycles. The number of rotatable bonds is 7. The fourth-order valence-corrected chi connectivity index (χ4v) is 2.44. The molecule has 2 aromatic rings. The lowest BCUT2D eigenvalue weighted by Gasteiger charge is -2.20. The van der Waals surface area contributed by atoms with Crippen LogP contribution in [0.2, 0.25) is 0 Å². The van der Waals surface area contributed by atoms with E-state index < -0.39 is 0 Å². The standard InChI is InChI=1S/C16H24N4O/c1-3-7-12(17)16(21)20(2)11-6-10-15-18-13-8-4-5-9-14(13)19-15/h4-5,8-9,12H,3,6-7,10-11,17H2,1-2H3,(H,18,19). The van der Waals surface area contributed by atoms with Gasteiger partial charge in [-0.1, -0.05) is 25.5 Å². The summed E-state index contributed by atoms with van der Waals surface area (Å²) in [5.74, 6) is 0.997. The van der Waals surface area contributed by atoms with E-state index in [1.807, 2.05) is 38.2 Å². The molecule has 1 unspecified atom stereocenters. The number of aryl methyl sites for hydroxylation is 1. The van der Waals surface area contributed by atoms with Crippen LogP contribution < -0.4 is 5.73 Å². The Hall–Kier alpha value is -1.88. The summed E-state index contributed by atoms with van der Waals surface area (Å²) in [7, 11) is 1.82. The van der Waals surface area contributed by atoms with Crippen LogP contribution >= 0.6 is 0 Å². The highest BCUT2D eigenvalue weighted by molar-refractivity contribution is 5.81. The van der Waals surface area contributed by atoms with E-state index in [1.165, 1.54) is 0 Å². The second-order valence-corrected chi connectivity index (χ2v) is 5.46. The number of carbonyl (C=O) groups is 1. The molecule has 2 rings (SSSR count). The molecule has 3 N–H and O–H groups in total. The molecule has 1 amide bonds. The monoisotopic (exact) mass is 288 g/mol. The SMILES string of the molecule is CCCC(N)C(=O)N(C)CCCc1nc2ccccc2[nH]1. The Morgan fingerprint density at radius 1 is 1.43 bits per heavy atom. The van der Waals surface area contributed by atoms with Crippen molar-refractivity contribution >= 4 is 16.9 Å². The molecule has 21 heavy (non-hydrogen) atoms. The molecule has 5 heteroatoms. The molecule has 0 spiro atoms. The van der Waals surface area contributed by atoms with Gasteiger partial charge in [0, 0.05) is 20.0 Å². The van der Waals surface area contributed by atoms with E-state index in [0.717, 1.165) is 42.5 Å². The summed E-state index contributed by atoms with van der Waals surface area (Å²) in [6, 6.07) is 7.62. The minimum atomic E-state index is -0.369. The molecule has 1 aromatic carbocycles. The van der Waals surface area contributed by atoms with Crippen molar-refractivity contribution in [2.24, 2.45) is 5.73 Å². The maximum absolute atomic E-state index is 12.0. The van der Waals surface area contributed by atoms with Crippen molar-refractivity contribution in [3.05, 3.63) is 30.1 Å². The fourth-order valence-electron chi connectivity index (χ4n) is 2.44. The molecule has 0 radical (unpaired) electrons. The van der Waals surface area contributed by atoms with Gasteiger partial charge in [0.2, 0.25) is 5.91 Å². The van der Waals surface area contributed by atoms with Crippen molar-refractivity contribution in [2.45, 2.75) is 38.6 Å². The molecular weight excluding hydrogens is 264 g/mol. The van der Waals surface area contributed by atoms with E-state index >= 15 is 0 Å². The van der Waals surface area contributed by atoms with E-state index in [0.29, 0.717) is 6.54 Å². The van der Waals surface area contributed by atoms with Crippen molar-refractivity contribution < 1.29 is 4.79 Å². The van der Waals surface area contributed by atoms with Crippen LogP contribution in [0.5, 0.6) is 0 Å². The molecule has 0 aliphatic carbocycles. The van der Waals surface area contributed by atoms with Crippen LogP contribution in [0.15, 0.2) is 24.3 Å². The smallest absolute Gasteiger partial charge is 0.239 e. The molecule has 1 atom stereocenters. The van der Waals surface area contributed by atoms with Gasteiger partial charge in [0.05, 0.1) is 17.1 Å². The zero-order chi connectivity index (χ0) is 15.2. The number of hydrogen-bond donors (Lipinski definition) is 2. The van der Waals surface area contributed by atoms with Crippen molar-refractivity contribution in [1.82, 2.24) is 14.9 Å². The minimum Gasteiger partial charge on any atom is -0.344 e. The van der Waals surface area contributed by atoms with Gasteiger partial charge in [-0.2, -0.15) is 0 Å². The van der Waals surface area contributed by atoms with Gasteiger partial charge in [-0.25, -0.2) is 4.98 Å². The molecule has 0 saturated heterocycles. The molecule has 1 heterocycles. The maximum Gasteiger partial charge on any atom is 0.239 e. The summed E-state index contributed by atoms with van der Waals surface area (Å²) in [4.78, 5) is 21.6. The first kappa shape index (κ1) is 15.5. The average Bonchev–Trinajstić information content (AvgIpc) is 2.89. The number of nitrogens with one attached hydrogen (secondary N) is 1. The number of nitrogens with two attached hydrogens (primary N) is 1. The van der Waals surface area contributed by atoms with E-state index in [9.17, 15) is 4.79 Å². The Balaban J connectivity index is 1.82. The Morgan fingerprint density at radius 2 is 2.19 bits per heavy atom. The number of aromatic nitrogens is 2. The second kappa shape index (κ2) is 7.22. The number of nitrogens with zero attached hydrogens (tertiary/aromatic N) is 2. The third-order valence-electron chi connectivity index (χ3n) is 3.64. The normalized spacial score (nSPS) is 12.5. The Morgan fingerprint density at radius 3 is 2.90 bits per heavy atom. The van der Waals surface area contributed by atoms with Crippen molar-refractivity contribution in [1.29, 1.82) is 0 Å². The van der Waals surface area contributed by atoms with Gasteiger partial charge in [-0.15, -0.1) is 0 Å². The zero-order valence-electron chi connectivity index (χ0n) is 12.8. The van der Waals surface area contributed by atoms with Gasteiger partial charge in [0.25, 0.3) is 0 Å². The summed E-state index contributed by atoms with van der Waals surface area (Å²) in [5, 5.41) is 0. The van der Waals surface area contributed by atoms with Crippen molar-refractivity contribution in [3.8, 4) is 0 Å². The van der Waals surface area contributed by atoms with Crippen LogP contribution in [-0.4, -0.2) is 40.4 Å². The quantitative estimate of drug-likeness (QED) is 0.819. The topological polar surface area (TPSA) is 75.0 Å². The molecule has 0 aliphatic rings. The lowest BCUT2D eigenvalue weighted by atomic mass is 10.1. The van der Waals surface area contributed by atoms with Gasteiger partial charge in [-0.3, -0.25) is 4.79 Å². The van der Waals surface area contributed by atoms with Gasteiger partial charge >= 0.3 is 0 Å². The summed E-state index contributed by atoms with van der Waals surface area (Å²) < 4.78 is 0. The lowest BCUT2D eigenvalue weighted by Crippen LogP contribution is -2.42. The first-order valence-corrected chi connectivity index (χ1v) is 7.56. The van der Waals surface area contributed by atoms with Gasteiger partial charge in [-0.05, 0) is 25.0 Å². The Bertz CT molecular complexity index is 560. The number of fused-ring (bicyclic) bond motifs is 1. The summed E-state index contributed by atoms with van der Waals surface area (Å²) >= 11 is 0. The number of imidazole rings is 1. The van der Waals surface area contributed by atoms with E-state index in [2.05, 4.69) is 9.97 Å². The third kappa shape index (κ3) is 4.04. The molecule has 5 nitrogen and oxygen atoms in total. The number of H-pyrrole nitrogens is 1. The maximum atomic E-state index is 12.0. The van der Waals surface area contributed by atoms with E-state index in [-0.39, 0.29) is 11.9 Å². The lowest BCUT2D eigenvalue weighted by molar-refractivity contribution is -0.131. The van der Waals surface area contributed by atoms with Gasteiger partial charge < -0.3 is 15.6 Å². The molecule has 0 aliphatic heterocycles. The number of likely N-dealkylation sites (N-methyl/N-ethyl adjacent to an activating group) is 1. The number of benzene rings is 1. The number of para-hydroxylation sites is 2. The molecule has 0 fully saturated rings. The van der Waals surface area contributed by atoms with Crippen LogP contribution in [0.4, 0.5) is 0 Å². The van der Waals surface area contributed by atoms with E-state index in [4.69, 9.17) is 5.73 Å². The van der Waals surface area contributed by atoms with Crippen LogP contribution in [0.25, 0.3) is 11.0 Å². The van der Waals surface area contributed by atoms with Crippen LogP contribution in [0.3, 0.4) is 0 Å². The summed E-state index contributed by atoms with van der Waals surface area (Å²) in [6.07, 6.45) is 3.38. The van der Waals surface area contributed by atoms with Crippen LogP contribution in [-0.2, 0) is 11.2 Å². The van der Waals surface area contributed by atoms with Crippen molar-refractivity contribution in [2.75, 3.05) is 13.6 Å². The molecular formula is C16H24N4O. The largest absolute Gasteiger partial charge is 0.344 e. The Labute approximate surface area is 125 Å². The molecule has 114 valence electrons. The summed E-state index contributed by atoms with van der Waals surface area (Å²) in [5.41, 5.74) is 7.90. The highest BCUT2D eigenvalue weighted by Gasteiger charge is 2.16.